The molecule has 5 heteroatoms. The molecule has 0 bridgehead atoms. The fourth-order valence-corrected chi connectivity index (χ4v) is 2.73. The summed E-state index contributed by atoms with van der Waals surface area (Å²) in [6.45, 7) is 4.38. The minimum absolute atomic E-state index is 0.0109. The summed E-state index contributed by atoms with van der Waals surface area (Å²) in [6, 6.07) is 17.9. The average molecular weight is 349 g/mol. The highest BCUT2D eigenvalue weighted by Gasteiger charge is 2.17. The van der Waals surface area contributed by atoms with E-state index in [2.05, 4.69) is 22.4 Å². The van der Waals surface area contributed by atoms with Crippen LogP contribution in [0.2, 0.25) is 0 Å². The van der Waals surface area contributed by atoms with E-state index in [0.29, 0.717) is 12.3 Å². The Balaban J connectivity index is 1.53. The lowest BCUT2D eigenvalue weighted by Crippen LogP contribution is -2.42. The molecule has 3 aromatic rings. The first-order valence-corrected chi connectivity index (χ1v) is 8.70. The molecule has 2 atom stereocenters. The molecule has 0 radical (unpaired) electrons. The molecule has 2 aromatic carbocycles. The van der Waals surface area contributed by atoms with Crippen molar-refractivity contribution in [3.63, 3.8) is 0 Å². The highest BCUT2D eigenvalue weighted by molar-refractivity contribution is 5.81. The van der Waals surface area contributed by atoms with Gasteiger partial charge in [-0.15, -0.1) is 0 Å². The van der Waals surface area contributed by atoms with Crippen LogP contribution in [0.3, 0.4) is 0 Å². The van der Waals surface area contributed by atoms with Crippen molar-refractivity contribution in [2.24, 2.45) is 0 Å². The van der Waals surface area contributed by atoms with Crippen LogP contribution in [0, 0.1) is 0 Å². The van der Waals surface area contributed by atoms with Crippen LogP contribution >= 0.6 is 0 Å². The summed E-state index contributed by atoms with van der Waals surface area (Å²) in [4.78, 5) is 16.3. The van der Waals surface area contributed by atoms with Crippen LogP contribution in [0.15, 0.2) is 73.3 Å². The number of amides is 1. The number of nitrogens with zero attached hydrogens (tertiary/aromatic N) is 2. The number of hydrogen-bond donors (Lipinski definition) is 1. The number of nitrogens with one attached hydrogen (secondary N) is 1. The van der Waals surface area contributed by atoms with Gasteiger partial charge in [0, 0.05) is 25.0 Å². The molecular weight excluding hydrogens is 326 g/mol. The zero-order valence-electron chi connectivity index (χ0n) is 15.0. The molecule has 1 amide bonds. The fraction of sp³-hybridized carbons (Fsp3) is 0.238. The van der Waals surface area contributed by atoms with Crippen LogP contribution in [0.25, 0.3) is 11.1 Å². The maximum Gasteiger partial charge on any atom is 0.261 e. The lowest BCUT2D eigenvalue weighted by Gasteiger charge is -2.19. The molecule has 0 saturated carbocycles. The molecule has 0 saturated heterocycles. The van der Waals surface area contributed by atoms with Crippen molar-refractivity contribution in [2.45, 2.75) is 32.5 Å². The van der Waals surface area contributed by atoms with E-state index in [1.165, 1.54) is 0 Å². The van der Waals surface area contributed by atoms with Crippen LogP contribution in [-0.2, 0) is 11.3 Å². The molecule has 1 aromatic heterocycles. The molecular formula is C21H23N3O2. The Kier molecular flexibility index (Phi) is 5.69. The highest BCUT2D eigenvalue weighted by Crippen LogP contribution is 2.22. The molecule has 1 heterocycles. The molecule has 2 unspecified atom stereocenters. The van der Waals surface area contributed by atoms with Crippen LogP contribution in [-0.4, -0.2) is 27.6 Å². The molecule has 0 aliphatic heterocycles. The van der Waals surface area contributed by atoms with Gasteiger partial charge in [-0.25, -0.2) is 4.98 Å². The maximum atomic E-state index is 12.3. The van der Waals surface area contributed by atoms with E-state index in [0.717, 1.165) is 11.1 Å². The first kappa shape index (κ1) is 17.7. The van der Waals surface area contributed by atoms with Gasteiger partial charge < -0.3 is 14.6 Å². The minimum atomic E-state index is -0.567. The van der Waals surface area contributed by atoms with Gasteiger partial charge in [-0.3, -0.25) is 4.79 Å². The van der Waals surface area contributed by atoms with Crippen LogP contribution < -0.4 is 10.1 Å². The second kappa shape index (κ2) is 8.34. The smallest absolute Gasteiger partial charge is 0.261 e. The normalized spacial score (nSPS) is 13.0. The monoisotopic (exact) mass is 349 g/mol. The third kappa shape index (κ3) is 4.72. The third-order valence-electron chi connectivity index (χ3n) is 4.08. The van der Waals surface area contributed by atoms with Crippen molar-refractivity contribution in [3.8, 4) is 16.9 Å². The van der Waals surface area contributed by atoms with Gasteiger partial charge in [-0.05, 0) is 37.1 Å². The first-order chi connectivity index (χ1) is 12.6. The topological polar surface area (TPSA) is 56.2 Å². The number of hydrogen-bond acceptors (Lipinski definition) is 3. The number of carbonyl (C=O) groups is 1. The summed E-state index contributed by atoms with van der Waals surface area (Å²) >= 11 is 0. The summed E-state index contributed by atoms with van der Waals surface area (Å²) < 4.78 is 7.70. The standard InChI is InChI=1S/C21H23N3O2/c1-16(14-24-13-12-22-15-24)23-21(25)17(2)26-20-10-8-19(9-11-20)18-6-4-3-5-7-18/h3-13,15-17H,14H2,1-2H3,(H,23,25). The van der Waals surface area contributed by atoms with Gasteiger partial charge in [-0.2, -0.15) is 0 Å². The Labute approximate surface area is 153 Å². The molecule has 5 nitrogen and oxygen atoms in total. The van der Waals surface area contributed by atoms with E-state index in [1.54, 1.807) is 19.4 Å². The van der Waals surface area contributed by atoms with Crippen molar-refractivity contribution in [3.05, 3.63) is 73.3 Å². The SMILES string of the molecule is CC(Cn1ccnc1)NC(=O)C(C)Oc1ccc(-c2ccccc2)cc1. The predicted molar refractivity (Wildman–Crippen MR) is 102 cm³/mol. The Bertz CT molecular complexity index is 814. The molecule has 1 N–H and O–H groups in total. The van der Waals surface area contributed by atoms with E-state index < -0.39 is 6.10 Å². The highest BCUT2D eigenvalue weighted by atomic mass is 16.5. The van der Waals surface area contributed by atoms with Gasteiger partial charge in [0.15, 0.2) is 6.10 Å². The lowest BCUT2D eigenvalue weighted by molar-refractivity contribution is -0.127. The molecule has 134 valence electrons. The summed E-state index contributed by atoms with van der Waals surface area (Å²) in [6.07, 6.45) is 4.76. The number of benzene rings is 2. The molecule has 0 spiro atoms. The zero-order valence-corrected chi connectivity index (χ0v) is 15.0. The number of carbonyl (C=O) groups excluding carboxylic acids is 1. The van der Waals surface area contributed by atoms with Crippen LogP contribution in [0.1, 0.15) is 13.8 Å². The van der Waals surface area contributed by atoms with Crippen molar-refractivity contribution < 1.29 is 9.53 Å². The Hall–Kier alpha value is -3.08. The van der Waals surface area contributed by atoms with Crippen molar-refractivity contribution in [2.75, 3.05) is 0 Å². The fourth-order valence-electron chi connectivity index (χ4n) is 2.73. The van der Waals surface area contributed by atoms with Gasteiger partial charge >= 0.3 is 0 Å². The molecule has 0 aliphatic carbocycles. The number of imidazole rings is 1. The van der Waals surface area contributed by atoms with Gasteiger partial charge in [0.05, 0.1) is 6.33 Å². The van der Waals surface area contributed by atoms with Gasteiger partial charge in [0.1, 0.15) is 5.75 Å². The summed E-state index contributed by atoms with van der Waals surface area (Å²) in [5, 5.41) is 2.96. The van der Waals surface area contributed by atoms with Crippen molar-refractivity contribution in [1.29, 1.82) is 0 Å². The van der Waals surface area contributed by atoms with E-state index in [-0.39, 0.29) is 11.9 Å². The predicted octanol–water partition coefficient (Wildman–Crippen LogP) is 3.52. The van der Waals surface area contributed by atoms with Crippen molar-refractivity contribution in [1.82, 2.24) is 14.9 Å². The second-order valence-electron chi connectivity index (χ2n) is 6.32. The summed E-state index contributed by atoms with van der Waals surface area (Å²) in [5.41, 5.74) is 2.27. The molecule has 0 aliphatic rings. The largest absolute Gasteiger partial charge is 0.481 e. The molecule has 3 rings (SSSR count). The minimum Gasteiger partial charge on any atom is -0.481 e. The van der Waals surface area contributed by atoms with Gasteiger partial charge in [0.2, 0.25) is 0 Å². The summed E-state index contributed by atoms with van der Waals surface area (Å²) in [7, 11) is 0. The lowest BCUT2D eigenvalue weighted by atomic mass is 10.1. The van der Waals surface area contributed by atoms with E-state index in [1.807, 2.05) is 60.2 Å². The number of ether oxygens (including phenoxy) is 1. The zero-order chi connectivity index (χ0) is 18.4. The van der Waals surface area contributed by atoms with Crippen molar-refractivity contribution >= 4 is 5.91 Å². The number of aromatic nitrogens is 2. The molecule has 0 fully saturated rings. The van der Waals surface area contributed by atoms with Crippen LogP contribution in [0.4, 0.5) is 0 Å². The quantitative estimate of drug-likeness (QED) is 0.710. The van der Waals surface area contributed by atoms with Gasteiger partial charge in [-0.1, -0.05) is 42.5 Å². The van der Waals surface area contributed by atoms with E-state index in [4.69, 9.17) is 4.74 Å². The Morgan fingerprint density at radius 3 is 2.42 bits per heavy atom. The summed E-state index contributed by atoms with van der Waals surface area (Å²) in [5.74, 6) is 0.541. The number of rotatable bonds is 7. The van der Waals surface area contributed by atoms with E-state index >= 15 is 0 Å². The molecule has 26 heavy (non-hydrogen) atoms. The van der Waals surface area contributed by atoms with E-state index in [9.17, 15) is 4.79 Å². The van der Waals surface area contributed by atoms with Gasteiger partial charge in [0.25, 0.3) is 5.91 Å². The Morgan fingerprint density at radius 2 is 1.77 bits per heavy atom. The maximum absolute atomic E-state index is 12.3. The first-order valence-electron chi connectivity index (χ1n) is 8.70. The Morgan fingerprint density at radius 1 is 1.08 bits per heavy atom. The second-order valence-corrected chi connectivity index (χ2v) is 6.32. The third-order valence-corrected chi connectivity index (χ3v) is 4.08. The van der Waals surface area contributed by atoms with Crippen LogP contribution in [0.5, 0.6) is 5.75 Å². The average Bonchev–Trinajstić information content (AvgIpc) is 3.16.